The molecule has 21 heavy (non-hydrogen) atoms. The first-order chi connectivity index (χ1) is 9.52. The summed E-state index contributed by atoms with van der Waals surface area (Å²) < 4.78 is 75.8. The Bertz CT molecular complexity index is 564. The van der Waals surface area contributed by atoms with Crippen LogP contribution in [0.3, 0.4) is 0 Å². The van der Waals surface area contributed by atoms with E-state index in [9.17, 15) is 26.3 Å². The van der Waals surface area contributed by atoms with Crippen molar-refractivity contribution in [3.8, 4) is 0 Å². The van der Waals surface area contributed by atoms with E-state index in [-0.39, 0.29) is 18.1 Å². The number of rotatable bonds is 1. The molecule has 114 valence electrons. The van der Waals surface area contributed by atoms with E-state index in [4.69, 9.17) is 0 Å². The summed E-state index contributed by atoms with van der Waals surface area (Å²) in [6, 6.07) is 1.61. The predicted molar refractivity (Wildman–Crippen MR) is 69.9 cm³/mol. The average Bonchev–Trinajstić information content (AvgIpc) is 2.37. The summed E-state index contributed by atoms with van der Waals surface area (Å²) >= 11 is 3.23. The molecule has 0 radical (unpaired) electrons. The summed E-state index contributed by atoms with van der Waals surface area (Å²) in [6.07, 6.45) is -2.96. The molecule has 1 unspecified atom stereocenters. The topological polar surface area (TPSA) is 0 Å². The van der Waals surface area contributed by atoms with Crippen molar-refractivity contribution < 1.29 is 26.3 Å². The van der Waals surface area contributed by atoms with Gasteiger partial charge in [-0.05, 0) is 30.2 Å². The third-order valence-corrected chi connectivity index (χ3v) is 4.14. The molecule has 0 bridgehead atoms. The van der Waals surface area contributed by atoms with Gasteiger partial charge < -0.3 is 0 Å². The average molecular weight is 371 g/mol. The molecule has 0 saturated carbocycles. The SMILES string of the molecule is FC(F)(F)c1cc(C(F)(F)F)cc(C2(Br)C=CC=CC2)c1. The van der Waals surface area contributed by atoms with Crippen LogP contribution in [0.4, 0.5) is 26.3 Å². The van der Waals surface area contributed by atoms with Gasteiger partial charge in [-0.2, -0.15) is 26.3 Å². The van der Waals surface area contributed by atoms with Gasteiger partial charge in [0.2, 0.25) is 0 Å². The van der Waals surface area contributed by atoms with Gasteiger partial charge in [-0.25, -0.2) is 0 Å². The van der Waals surface area contributed by atoms with E-state index in [1.54, 1.807) is 18.2 Å². The molecule has 0 nitrogen and oxygen atoms in total. The second-order valence-electron chi connectivity index (χ2n) is 4.65. The zero-order valence-corrected chi connectivity index (χ0v) is 12.0. The number of alkyl halides is 7. The smallest absolute Gasteiger partial charge is 0.166 e. The lowest BCUT2D eigenvalue weighted by Gasteiger charge is -2.27. The molecule has 7 heteroatoms. The Hall–Kier alpha value is -1.24. The summed E-state index contributed by atoms with van der Waals surface area (Å²) in [5.74, 6) is 0. The number of halogens is 7. The fraction of sp³-hybridized carbons (Fsp3) is 0.286. The van der Waals surface area contributed by atoms with Gasteiger partial charge in [0.05, 0.1) is 15.5 Å². The summed E-state index contributed by atoms with van der Waals surface area (Å²) in [7, 11) is 0. The molecule has 0 spiro atoms. The monoisotopic (exact) mass is 370 g/mol. The van der Waals surface area contributed by atoms with Crippen molar-refractivity contribution in [2.45, 2.75) is 23.1 Å². The van der Waals surface area contributed by atoms with Crippen LogP contribution in [0.5, 0.6) is 0 Å². The van der Waals surface area contributed by atoms with E-state index < -0.39 is 27.8 Å². The molecule has 1 aromatic carbocycles. The van der Waals surface area contributed by atoms with Crippen LogP contribution in [-0.4, -0.2) is 0 Å². The summed E-state index contributed by atoms with van der Waals surface area (Å²) in [6.45, 7) is 0. The highest BCUT2D eigenvalue weighted by Gasteiger charge is 2.39. The first-order valence-electron chi connectivity index (χ1n) is 5.86. The predicted octanol–water partition coefficient (Wildman–Crippen LogP) is 5.83. The van der Waals surface area contributed by atoms with Gasteiger partial charge >= 0.3 is 12.4 Å². The van der Waals surface area contributed by atoms with Crippen LogP contribution in [-0.2, 0) is 16.7 Å². The van der Waals surface area contributed by atoms with Gasteiger partial charge in [-0.3, -0.25) is 0 Å². The van der Waals surface area contributed by atoms with Crippen molar-refractivity contribution in [3.05, 3.63) is 59.2 Å². The van der Waals surface area contributed by atoms with Crippen molar-refractivity contribution in [1.29, 1.82) is 0 Å². The van der Waals surface area contributed by atoms with Gasteiger partial charge in [0, 0.05) is 0 Å². The first-order valence-corrected chi connectivity index (χ1v) is 6.65. The molecular weight excluding hydrogens is 362 g/mol. The quantitative estimate of drug-likeness (QED) is 0.430. The number of allylic oxidation sites excluding steroid dienone is 4. The Morgan fingerprint density at radius 3 is 1.76 bits per heavy atom. The van der Waals surface area contributed by atoms with Gasteiger partial charge in [0.1, 0.15) is 0 Å². The van der Waals surface area contributed by atoms with E-state index in [1.165, 1.54) is 6.08 Å². The third-order valence-electron chi connectivity index (χ3n) is 3.09. The van der Waals surface area contributed by atoms with Crippen LogP contribution >= 0.6 is 15.9 Å². The fourth-order valence-electron chi connectivity index (χ4n) is 2.00. The van der Waals surface area contributed by atoms with Crippen molar-refractivity contribution in [1.82, 2.24) is 0 Å². The Morgan fingerprint density at radius 2 is 1.38 bits per heavy atom. The molecule has 0 aromatic heterocycles. The lowest BCUT2D eigenvalue weighted by atomic mass is 9.89. The number of benzene rings is 1. The normalized spacial score (nSPS) is 22.6. The van der Waals surface area contributed by atoms with Crippen LogP contribution < -0.4 is 0 Å². The van der Waals surface area contributed by atoms with Gasteiger partial charge in [0.25, 0.3) is 0 Å². The molecule has 0 N–H and O–H groups in total. The maximum atomic E-state index is 12.8. The maximum Gasteiger partial charge on any atom is 0.416 e. The zero-order chi connectivity index (χ0) is 15.9. The molecule has 2 rings (SSSR count). The molecule has 1 aliphatic carbocycles. The molecule has 1 atom stereocenters. The lowest BCUT2D eigenvalue weighted by Crippen LogP contribution is -2.19. The zero-order valence-electron chi connectivity index (χ0n) is 10.4. The summed E-state index contributed by atoms with van der Waals surface area (Å²) in [5, 5.41) is 0. The molecule has 0 amide bonds. The van der Waals surface area contributed by atoms with Crippen molar-refractivity contribution in [3.63, 3.8) is 0 Å². The molecule has 0 heterocycles. The highest BCUT2D eigenvalue weighted by atomic mass is 79.9. The Morgan fingerprint density at radius 1 is 0.857 bits per heavy atom. The Kier molecular flexibility index (Phi) is 3.99. The molecule has 0 aliphatic heterocycles. The molecule has 0 saturated heterocycles. The second-order valence-corrected chi connectivity index (χ2v) is 6.06. The maximum absolute atomic E-state index is 12.8. The van der Waals surface area contributed by atoms with E-state index in [0.29, 0.717) is 0 Å². The molecule has 1 aliphatic rings. The van der Waals surface area contributed by atoms with Gasteiger partial charge in [-0.15, -0.1) is 0 Å². The standard InChI is InChI=1S/C14H9BrF6/c15-12(4-2-1-3-5-12)9-6-10(13(16,17)18)8-11(7-9)14(19,20)21/h1-4,6-8H,5H2. The molecular formula is C14H9BrF6. The Labute approximate surface area is 125 Å². The summed E-state index contributed by atoms with van der Waals surface area (Å²) in [5.41, 5.74) is -2.70. The van der Waals surface area contributed by atoms with Gasteiger partial charge in [-0.1, -0.05) is 40.2 Å². The van der Waals surface area contributed by atoms with Crippen molar-refractivity contribution in [2.24, 2.45) is 0 Å². The second kappa shape index (κ2) is 5.19. The number of hydrogen-bond acceptors (Lipinski definition) is 0. The van der Waals surface area contributed by atoms with E-state index in [2.05, 4.69) is 15.9 Å². The van der Waals surface area contributed by atoms with Gasteiger partial charge in [0.15, 0.2) is 0 Å². The van der Waals surface area contributed by atoms with E-state index in [0.717, 1.165) is 12.1 Å². The Balaban J connectivity index is 2.61. The fourth-order valence-corrected chi connectivity index (χ4v) is 2.57. The van der Waals surface area contributed by atoms with Crippen LogP contribution in [0.25, 0.3) is 0 Å². The van der Waals surface area contributed by atoms with E-state index >= 15 is 0 Å². The minimum absolute atomic E-state index is 0.0785. The highest BCUT2D eigenvalue weighted by Crippen LogP contribution is 2.44. The molecule has 0 fully saturated rings. The van der Waals surface area contributed by atoms with Crippen LogP contribution in [0.2, 0.25) is 0 Å². The number of hydrogen-bond donors (Lipinski definition) is 0. The third kappa shape index (κ3) is 3.51. The minimum atomic E-state index is -4.84. The van der Waals surface area contributed by atoms with Crippen LogP contribution in [0.1, 0.15) is 23.1 Å². The van der Waals surface area contributed by atoms with E-state index in [1.807, 2.05) is 0 Å². The minimum Gasteiger partial charge on any atom is -0.166 e. The summed E-state index contributed by atoms with van der Waals surface area (Å²) in [4.78, 5) is 0. The van der Waals surface area contributed by atoms with Crippen LogP contribution in [0, 0.1) is 0 Å². The van der Waals surface area contributed by atoms with Crippen molar-refractivity contribution in [2.75, 3.05) is 0 Å². The van der Waals surface area contributed by atoms with Crippen molar-refractivity contribution >= 4 is 15.9 Å². The first kappa shape index (κ1) is 16.1. The highest BCUT2D eigenvalue weighted by molar-refractivity contribution is 9.09. The largest absolute Gasteiger partial charge is 0.416 e. The lowest BCUT2D eigenvalue weighted by molar-refractivity contribution is -0.143. The van der Waals surface area contributed by atoms with Crippen LogP contribution in [0.15, 0.2) is 42.5 Å². The molecule has 1 aromatic rings.